The van der Waals surface area contributed by atoms with Crippen LogP contribution in [0.2, 0.25) is 0 Å². The van der Waals surface area contributed by atoms with Gasteiger partial charge in [-0.3, -0.25) is 0 Å². The predicted molar refractivity (Wildman–Crippen MR) is 77.9 cm³/mol. The summed E-state index contributed by atoms with van der Waals surface area (Å²) in [5, 5.41) is 3.49. The predicted octanol–water partition coefficient (Wildman–Crippen LogP) is 3.96. The number of rotatable bonds is 8. The van der Waals surface area contributed by atoms with Gasteiger partial charge in [-0.25, -0.2) is 0 Å². The molecular formula is C16H23F2NO2. The van der Waals surface area contributed by atoms with Gasteiger partial charge in [0.05, 0.1) is 6.61 Å². The zero-order valence-corrected chi connectivity index (χ0v) is 12.6. The first-order valence-electron chi connectivity index (χ1n) is 7.54. The average Bonchev–Trinajstić information content (AvgIpc) is 2.36. The van der Waals surface area contributed by atoms with Crippen molar-refractivity contribution in [2.75, 3.05) is 6.61 Å². The molecule has 0 heterocycles. The maximum absolute atomic E-state index is 12.3. The molecule has 1 atom stereocenters. The van der Waals surface area contributed by atoms with E-state index in [2.05, 4.69) is 17.0 Å². The molecule has 118 valence electrons. The molecule has 1 unspecified atom stereocenters. The second kappa shape index (κ2) is 7.59. The van der Waals surface area contributed by atoms with Crippen LogP contribution in [-0.4, -0.2) is 19.3 Å². The summed E-state index contributed by atoms with van der Waals surface area (Å²) in [5.41, 5.74) is 1.01. The Balaban J connectivity index is 1.97. The molecule has 1 aromatic rings. The lowest BCUT2D eigenvalue weighted by Gasteiger charge is -2.32. The van der Waals surface area contributed by atoms with E-state index in [4.69, 9.17) is 4.74 Å². The topological polar surface area (TPSA) is 30.5 Å². The first kappa shape index (κ1) is 16.0. The highest BCUT2D eigenvalue weighted by molar-refractivity contribution is 5.43. The zero-order valence-electron chi connectivity index (χ0n) is 12.6. The van der Waals surface area contributed by atoms with E-state index < -0.39 is 6.61 Å². The Labute approximate surface area is 124 Å². The van der Waals surface area contributed by atoms with Gasteiger partial charge in [0.15, 0.2) is 11.5 Å². The van der Waals surface area contributed by atoms with E-state index in [0.717, 1.165) is 11.5 Å². The molecular weight excluding hydrogens is 276 g/mol. The number of ether oxygens (including phenoxy) is 2. The van der Waals surface area contributed by atoms with Gasteiger partial charge in [0.2, 0.25) is 0 Å². The van der Waals surface area contributed by atoms with Crippen LogP contribution < -0.4 is 14.8 Å². The molecule has 0 aliphatic heterocycles. The zero-order chi connectivity index (χ0) is 15.2. The van der Waals surface area contributed by atoms with E-state index in [9.17, 15) is 8.78 Å². The largest absolute Gasteiger partial charge is 0.490 e. The molecule has 21 heavy (non-hydrogen) atoms. The first-order valence-corrected chi connectivity index (χ1v) is 7.54. The fraction of sp³-hybridized carbons (Fsp3) is 0.625. The Morgan fingerprint density at radius 2 is 2.05 bits per heavy atom. The van der Waals surface area contributed by atoms with Crippen LogP contribution in [-0.2, 0) is 6.54 Å². The first-order chi connectivity index (χ1) is 10.1. The summed E-state index contributed by atoms with van der Waals surface area (Å²) in [5.74, 6) is 1.22. The van der Waals surface area contributed by atoms with Gasteiger partial charge in [-0.15, -0.1) is 0 Å². The molecule has 1 aliphatic rings. The molecule has 0 spiro atoms. The molecule has 0 radical (unpaired) electrons. The summed E-state index contributed by atoms with van der Waals surface area (Å²) in [6, 6.07) is 5.58. The van der Waals surface area contributed by atoms with Crippen LogP contribution in [0, 0.1) is 5.92 Å². The van der Waals surface area contributed by atoms with Crippen LogP contribution in [0.5, 0.6) is 11.5 Å². The van der Waals surface area contributed by atoms with Crippen molar-refractivity contribution < 1.29 is 18.3 Å². The lowest BCUT2D eigenvalue weighted by molar-refractivity contribution is -0.0514. The Bertz CT molecular complexity index is 450. The van der Waals surface area contributed by atoms with E-state index in [-0.39, 0.29) is 5.75 Å². The lowest BCUT2D eigenvalue weighted by atomic mass is 9.80. The maximum Gasteiger partial charge on any atom is 0.387 e. The summed E-state index contributed by atoms with van der Waals surface area (Å²) in [6.07, 6.45) is 3.91. The monoisotopic (exact) mass is 299 g/mol. The number of hydrogen-bond acceptors (Lipinski definition) is 3. The van der Waals surface area contributed by atoms with Crippen molar-refractivity contribution in [1.29, 1.82) is 0 Å². The Morgan fingerprint density at radius 3 is 2.62 bits per heavy atom. The third kappa shape index (κ3) is 4.56. The fourth-order valence-electron chi connectivity index (χ4n) is 2.51. The van der Waals surface area contributed by atoms with Crippen molar-refractivity contribution in [3.05, 3.63) is 23.8 Å². The van der Waals surface area contributed by atoms with Crippen LogP contribution in [0.3, 0.4) is 0 Å². The van der Waals surface area contributed by atoms with Crippen LogP contribution in [0.1, 0.15) is 38.7 Å². The number of benzene rings is 1. The minimum atomic E-state index is -2.84. The Morgan fingerprint density at radius 1 is 1.29 bits per heavy atom. The highest BCUT2D eigenvalue weighted by Gasteiger charge is 2.23. The molecule has 1 fully saturated rings. The highest BCUT2D eigenvalue weighted by atomic mass is 19.3. The Hall–Kier alpha value is -1.36. The highest BCUT2D eigenvalue weighted by Crippen LogP contribution is 2.31. The van der Waals surface area contributed by atoms with Crippen molar-refractivity contribution in [3.63, 3.8) is 0 Å². The minimum absolute atomic E-state index is 0.0858. The number of hydrogen-bond donors (Lipinski definition) is 1. The molecule has 3 nitrogen and oxygen atoms in total. The second-order valence-corrected chi connectivity index (χ2v) is 5.45. The molecule has 1 aromatic carbocycles. The van der Waals surface area contributed by atoms with Gasteiger partial charge in [0.25, 0.3) is 0 Å². The molecule has 1 N–H and O–H groups in total. The molecule has 5 heteroatoms. The van der Waals surface area contributed by atoms with Crippen molar-refractivity contribution >= 4 is 0 Å². The van der Waals surface area contributed by atoms with Crippen molar-refractivity contribution in [3.8, 4) is 11.5 Å². The van der Waals surface area contributed by atoms with Crippen molar-refractivity contribution in [2.24, 2.45) is 5.92 Å². The van der Waals surface area contributed by atoms with Gasteiger partial charge in [0.1, 0.15) is 0 Å². The average molecular weight is 299 g/mol. The number of alkyl halides is 2. The Kier molecular flexibility index (Phi) is 5.79. The van der Waals surface area contributed by atoms with Crippen LogP contribution in [0.15, 0.2) is 18.2 Å². The van der Waals surface area contributed by atoms with Gasteiger partial charge in [0, 0.05) is 12.6 Å². The van der Waals surface area contributed by atoms with Gasteiger partial charge < -0.3 is 14.8 Å². The maximum atomic E-state index is 12.3. The van der Waals surface area contributed by atoms with E-state index in [1.54, 1.807) is 18.2 Å². The normalized spacial score (nSPS) is 16.6. The standard InChI is InChI=1S/C16H23F2NO2/c1-3-20-15-9-12(7-8-14(15)21-16(17)18)10-19-11(2)13-5-4-6-13/h7-9,11,13,16,19H,3-6,10H2,1-2H3. The van der Waals surface area contributed by atoms with Crippen molar-refractivity contribution in [1.82, 2.24) is 5.32 Å². The molecule has 0 aromatic heterocycles. The quantitative estimate of drug-likeness (QED) is 0.788. The summed E-state index contributed by atoms with van der Waals surface area (Å²) < 4.78 is 34.5. The van der Waals surface area contributed by atoms with Gasteiger partial charge in [-0.1, -0.05) is 12.5 Å². The molecule has 0 bridgehead atoms. The van der Waals surface area contributed by atoms with Gasteiger partial charge in [-0.05, 0) is 50.3 Å². The fourth-order valence-corrected chi connectivity index (χ4v) is 2.51. The minimum Gasteiger partial charge on any atom is -0.490 e. The van der Waals surface area contributed by atoms with Crippen LogP contribution in [0.25, 0.3) is 0 Å². The van der Waals surface area contributed by atoms with Gasteiger partial charge >= 0.3 is 6.61 Å². The van der Waals surface area contributed by atoms with E-state index in [1.807, 2.05) is 6.92 Å². The van der Waals surface area contributed by atoms with E-state index in [1.165, 1.54) is 19.3 Å². The SMILES string of the molecule is CCOc1cc(CNC(C)C2CCC2)ccc1OC(F)F. The summed E-state index contributed by atoms with van der Waals surface area (Å²) in [4.78, 5) is 0. The second-order valence-electron chi connectivity index (χ2n) is 5.45. The van der Waals surface area contributed by atoms with Crippen molar-refractivity contribution in [2.45, 2.75) is 52.3 Å². The molecule has 1 saturated carbocycles. The molecule has 0 saturated heterocycles. The third-order valence-corrected chi connectivity index (χ3v) is 4.01. The van der Waals surface area contributed by atoms with Gasteiger partial charge in [-0.2, -0.15) is 8.78 Å². The van der Waals surface area contributed by atoms with Crippen LogP contribution >= 0.6 is 0 Å². The molecule has 1 aliphatic carbocycles. The van der Waals surface area contributed by atoms with E-state index in [0.29, 0.717) is 24.9 Å². The summed E-state index contributed by atoms with van der Waals surface area (Å²) in [7, 11) is 0. The smallest absolute Gasteiger partial charge is 0.387 e. The molecule has 0 amide bonds. The lowest BCUT2D eigenvalue weighted by Crippen LogP contribution is -2.36. The molecule has 2 rings (SSSR count). The number of halogens is 2. The summed E-state index contributed by atoms with van der Waals surface area (Å²) >= 11 is 0. The third-order valence-electron chi connectivity index (χ3n) is 4.01. The van der Waals surface area contributed by atoms with Crippen LogP contribution in [0.4, 0.5) is 8.78 Å². The summed E-state index contributed by atoms with van der Waals surface area (Å²) in [6.45, 7) is 2.28. The van der Waals surface area contributed by atoms with E-state index >= 15 is 0 Å². The number of nitrogens with one attached hydrogen (secondary N) is 1.